The molecule has 2 N–H and O–H groups in total. The molecule has 1 aliphatic rings. The van der Waals surface area contributed by atoms with Gasteiger partial charge in [-0.2, -0.15) is 0 Å². The molecule has 0 aliphatic heterocycles. The minimum Gasteiger partial charge on any atom is -0.328 e. The Morgan fingerprint density at radius 2 is 2.27 bits per heavy atom. The molecule has 2 atom stereocenters. The normalized spacial score (nSPS) is 22.2. The smallest absolute Gasteiger partial charge is 0.00132 e. The second-order valence-electron chi connectivity index (χ2n) is 5.03. The number of benzene rings is 1. The Morgan fingerprint density at radius 1 is 1.47 bits per heavy atom. The molecule has 0 radical (unpaired) electrons. The van der Waals surface area contributed by atoms with Crippen LogP contribution in [0.15, 0.2) is 18.2 Å². The summed E-state index contributed by atoms with van der Waals surface area (Å²) in [5.74, 6) is 0.805. The SMILES string of the molecule is Cc1cccc2c1CCC(CC(C)N)C2. The third kappa shape index (κ3) is 2.40. The number of rotatable bonds is 2. The molecule has 0 fully saturated rings. The van der Waals surface area contributed by atoms with E-state index in [1.807, 2.05) is 0 Å². The first-order valence-electron chi connectivity index (χ1n) is 5.99. The molecule has 1 aromatic rings. The van der Waals surface area contributed by atoms with E-state index >= 15 is 0 Å². The lowest BCUT2D eigenvalue weighted by atomic mass is 9.79. The molecule has 15 heavy (non-hydrogen) atoms. The molecule has 0 saturated heterocycles. The van der Waals surface area contributed by atoms with Crippen molar-refractivity contribution >= 4 is 0 Å². The highest BCUT2D eigenvalue weighted by Gasteiger charge is 2.20. The van der Waals surface area contributed by atoms with Gasteiger partial charge < -0.3 is 5.73 Å². The van der Waals surface area contributed by atoms with Gasteiger partial charge in [0.1, 0.15) is 0 Å². The first-order valence-corrected chi connectivity index (χ1v) is 5.99. The van der Waals surface area contributed by atoms with Gasteiger partial charge in [-0.15, -0.1) is 0 Å². The fourth-order valence-corrected chi connectivity index (χ4v) is 2.80. The van der Waals surface area contributed by atoms with Crippen molar-refractivity contribution in [2.24, 2.45) is 11.7 Å². The number of aryl methyl sites for hydroxylation is 1. The highest BCUT2D eigenvalue weighted by atomic mass is 14.6. The summed E-state index contributed by atoms with van der Waals surface area (Å²) >= 11 is 0. The molecule has 0 saturated carbocycles. The third-order valence-electron chi connectivity index (χ3n) is 3.52. The molecule has 0 spiro atoms. The highest BCUT2D eigenvalue weighted by Crippen LogP contribution is 2.29. The van der Waals surface area contributed by atoms with Crippen LogP contribution in [0.25, 0.3) is 0 Å². The zero-order chi connectivity index (χ0) is 10.8. The van der Waals surface area contributed by atoms with E-state index in [0.29, 0.717) is 6.04 Å². The molecule has 2 unspecified atom stereocenters. The standard InChI is InChI=1S/C14H21N/c1-10-4-3-5-13-9-12(8-11(2)15)6-7-14(10)13/h3-5,11-12H,6-9,15H2,1-2H3. The zero-order valence-electron chi connectivity index (χ0n) is 9.79. The molecule has 1 nitrogen and oxygen atoms in total. The summed E-state index contributed by atoms with van der Waals surface area (Å²) in [5, 5.41) is 0. The molecule has 1 heteroatoms. The third-order valence-corrected chi connectivity index (χ3v) is 3.52. The Bertz CT molecular complexity index is 341. The van der Waals surface area contributed by atoms with Crippen LogP contribution in [0.4, 0.5) is 0 Å². The summed E-state index contributed by atoms with van der Waals surface area (Å²) in [6.07, 6.45) is 4.98. The molecule has 0 aromatic heterocycles. The van der Waals surface area contributed by atoms with E-state index in [9.17, 15) is 0 Å². The molecule has 82 valence electrons. The second kappa shape index (κ2) is 4.36. The zero-order valence-corrected chi connectivity index (χ0v) is 9.79. The highest BCUT2D eigenvalue weighted by molar-refractivity contribution is 5.36. The Hall–Kier alpha value is -0.820. The van der Waals surface area contributed by atoms with Crippen molar-refractivity contribution in [2.45, 2.75) is 45.6 Å². The van der Waals surface area contributed by atoms with Gasteiger partial charge in [0, 0.05) is 6.04 Å². The average molecular weight is 203 g/mol. The first kappa shape index (κ1) is 10.7. The minimum atomic E-state index is 0.348. The van der Waals surface area contributed by atoms with Gasteiger partial charge in [0.25, 0.3) is 0 Å². The molecule has 0 bridgehead atoms. The van der Waals surface area contributed by atoms with Crippen molar-refractivity contribution in [1.82, 2.24) is 0 Å². The number of hydrogen-bond acceptors (Lipinski definition) is 1. The van der Waals surface area contributed by atoms with Gasteiger partial charge in [0.15, 0.2) is 0 Å². The Labute approximate surface area is 92.7 Å². The number of nitrogens with two attached hydrogens (primary N) is 1. The summed E-state index contributed by atoms with van der Waals surface area (Å²) in [7, 11) is 0. The van der Waals surface area contributed by atoms with Gasteiger partial charge in [-0.25, -0.2) is 0 Å². The predicted molar refractivity (Wildman–Crippen MR) is 65.0 cm³/mol. The Kier molecular flexibility index (Phi) is 3.11. The van der Waals surface area contributed by atoms with Crippen LogP contribution in [0.2, 0.25) is 0 Å². The molecular formula is C14H21N. The number of hydrogen-bond donors (Lipinski definition) is 1. The van der Waals surface area contributed by atoms with Crippen molar-refractivity contribution in [2.75, 3.05) is 0 Å². The van der Waals surface area contributed by atoms with Crippen LogP contribution in [0.5, 0.6) is 0 Å². The first-order chi connectivity index (χ1) is 7.16. The van der Waals surface area contributed by atoms with Crippen LogP contribution in [0.1, 0.15) is 36.5 Å². The lowest BCUT2D eigenvalue weighted by molar-refractivity contribution is 0.398. The van der Waals surface area contributed by atoms with Gasteiger partial charge >= 0.3 is 0 Å². The van der Waals surface area contributed by atoms with Gasteiger partial charge in [0.05, 0.1) is 0 Å². The Morgan fingerprint density at radius 3 is 3.00 bits per heavy atom. The van der Waals surface area contributed by atoms with Crippen LogP contribution in [-0.2, 0) is 12.8 Å². The second-order valence-corrected chi connectivity index (χ2v) is 5.03. The molecule has 0 amide bonds. The van der Waals surface area contributed by atoms with E-state index < -0.39 is 0 Å². The topological polar surface area (TPSA) is 26.0 Å². The van der Waals surface area contributed by atoms with E-state index in [-0.39, 0.29) is 0 Å². The van der Waals surface area contributed by atoms with Crippen LogP contribution < -0.4 is 5.73 Å². The summed E-state index contributed by atoms with van der Waals surface area (Å²) in [6.45, 7) is 4.34. The summed E-state index contributed by atoms with van der Waals surface area (Å²) in [4.78, 5) is 0. The maximum Gasteiger partial charge on any atom is 0.00132 e. The quantitative estimate of drug-likeness (QED) is 0.786. The number of fused-ring (bicyclic) bond motifs is 1. The van der Waals surface area contributed by atoms with Gasteiger partial charge in [-0.05, 0) is 62.1 Å². The predicted octanol–water partition coefficient (Wildman–Crippen LogP) is 2.84. The fourth-order valence-electron chi connectivity index (χ4n) is 2.80. The molecular weight excluding hydrogens is 182 g/mol. The molecule has 1 aromatic carbocycles. The average Bonchev–Trinajstić information content (AvgIpc) is 2.17. The molecule has 1 aliphatic carbocycles. The van der Waals surface area contributed by atoms with Gasteiger partial charge in [-0.1, -0.05) is 18.2 Å². The molecule has 2 rings (SSSR count). The summed E-state index contributed by atoms with van der Waals surface area (Å²) < 4.78 is 0. The lowest BCUT2D eigenvalue weighted by Crippen LogP contribution is -2.24. The minimum absolute atomic E-state index is 0.348. The van der Waals surface area contributed by atoms with Crippen LogP contribution in [0.3, 0.4) is 0 Å². The van der Waals surface area contributed by atoms with E-state index in [1.165, 1.54) is 31.2 Å². The van der Waals surface area contributed by atoms with E-state index in [0.717, 1.165) is 5.92 Å². The van der Waals surface area contributed by atoms with Crippen LogP contribution in [-0.4, -0.2) is 6.04 Å². The summed E-state index contributed by atoms with van der Waals surface area (Å²) in [6, 6.07) is 7.05. The fraction of sp³-hybridized carbons (Fsp3) is 0.571. The van der Waals surface area contributed by atoms with Gasteiger partial charge in [0.2, 0.25) is 0 Å². The monoisotopic (exact) mass is 203 g/mol. The van der Waals surface area contributed by atoms with Crippen molar-refractivity contribution < 1.29 is 0 Å². The van der Waals surface area contributed by atoms with Crippen molar-refractivity contribution in [1.29, 1.82) is 0 Å². The van der Waals surface area contributed by atoms with Crippen molar-refractivity contribution in [3.05, 3.63) is 34.9 Å². The van der Waals surface area contributed by atoms with Crippen molar-refractivity contribution in [3.8, 4) is 0 Å². The Balaban J connectivity index is 2.13. The lowest BCUT2D eigenvalue weighted by Gasteiger charge is -2.26. The molecule has 0 heterocycles. The summed E-state index contributed by atoms with van der Waals surface area (Å²) in [5.41, 5.74) is 10.5. The maximum absolute atomic E-state index is 5.87. The van der Waals surface area contributed by atoms with E-state index in [1.54, 1.807) is 11.1 Å². The van der Waals surface area contributed by atoms with Gasteiger partial charge in [-0.3, -0.25) is 0 Å². The van der Waals surface area contributed by atoms with E-state index in [2.05, 4.69) is 32.0 Å². The van der Waals surface area contributed by atoms with Crippen LogP contribution >= 0.6 is 0 Å². The maximum atomic E-state index is 5.87. The van der Waals surface area contributed by atoms with Crippen LogP contribution in [0, 0.1) is 12.8 Å². The van der Waals surface area contributed by atoms with E-state index in [4.69, 9.17) is 5.73 Å². The largest absolute Gasteiger partial charge is 0.328 e. The van der Waals surface area contributed by atoms with Crippen molar-refractivity contribution in [3.63, 3.8) is 0 Å².